The van der Waals surface area contributed by atoms with Crippen LogP contribution in [0.4, 0.5) is 0 Å². The molecule has 7 heteroatoms. The largest absolute Gasteiger partial charge is 0.385 e. The molecule has 0 aromatic heterocycles. The second-order valence-corrected chi connectivity index (χ2v) is 5.29. The maximum absolute atomic E-state index is 11.7. The number of nitrogens with two attached hydrogens (primary N) is 1. The van der Waals surface area contributed by atoms with Crippen molar-refractivity contribution in [2.75, 3.05) is 6.61 Å². The summed E-state index contributed by atoms with van der Waals surface area (Å²) in [7, 11) is 0. The van der Waals surface area contributed by atoms with E-state index in [2.05, 4.69) is 10.5 Å². The number of carbonyl (C=O) groups excluding carboxylic acids is 2. The van der Waals surface area contributed by atoms with Crippen LogP contribution < -0.4 is 11.1 Å². The number of amidine groups is 1. The number of amides is 1. The van der Waals surface area contributed by atoms with Gasteiger partial charge in [-0.15, -0.1) is 0 Å². The van der Waals surface area contributed by atoms with Crippen molar-refractivity contribution in [3.05, 3.63) is 35.4 Å². The van der Waals surface area contributed by atoms with Crippen LogP contribution in [-0.4, -0.2) is 36.4 Å². The van der Waals surface area contributed by atoms with Crippen molar-refractivity contribution in [1.29, 1.82) is 5.41 Å². The second-order valence-electron chi connectivity index (χ2n) is 5.29. The lowest BCUT2D eigenvalue weighted by atomic mass is 10.1. The van der Waals surface area contributed by atoms with Crippen molar-refractivity contribution < 1.29 is 14.4 Å². The predicted molar refractivity (Wildman–Crippen MR) is 88.5 cm³/mol. The molecule has 0 fully saturated rings. The summed E-state index contributed by atoms with van der Waals surface area (Å²) in [5, 5.41) is 13.9. The van der Waals surface area contributed by atoms with Gasteiger partial charge in [-0.1, -0.05) is 36.3 Å². The highest BCUT2D eigenvalue weighted by Gasteiger charge is 2.14. The molecule has 1 aromatic carbocycles. The molecule has 0 aliphatic rings. The molecule has 0 aliphatic heterocycles. The van der Waals surface area contributed by atoms with Crippen LogP contribution in [0.1, 0.15) is 31.9 Å². The highest BCUT2D eigenvalue weighted by molar-refractivity contribution is 6.00. The molecular formula is C16H22N4O3. The number of hydrogen-bond acceptors (Lipinski definition) is 5. The summed E-state index contributed by atoms with van der Waals surface area (Å²) in [5.41, 5.74) is 7.41. The topological polar surface area (TPSA) is 118 Å². The Balaban J connectivity index is 2.52. The van der Waals surface area contributed by atoms with Gasteiger partial charge in [0.25, 0.3) is 5.91 Å². The predicted octanol–water partition coefficient (Wildman–Crippen LogP) is 1.05. The van der Waals surface area contributed by atoms with Crippen LogP contribution in [0.25, 0.3) is 0 Å². The molecule has 2 unspecified atom stereocenters. The third-order valence-electron chi connectivity index (χ3n) is 3.40. The quantitative estimate of drug-likeness (QED) is 0.287. The summed E-state index contributed by atoms with van der Waals surface area (Å²) in [6.07, 6.45) is 0.790. The number of carbonyl (C=O) groups is 2. The van der Waals surface area contributed by atoms with Crippen LogP contribution in [0.2, 0.25) is 0 Å². The fourth-order valence-corrected chi connectivity index (χ4v) is 1.68. The Morgan fingerprint density at radius 3 is 2.43 bits per heavy atom. The van der Waals surface area contributed by atoms with Crippen LogP contribution >= 0.6 is 0 Å². The zero-order valence-electron chi connectivity index (χ0n) is 13.5. The van der Waals surface area contributed by atoms with E-state index in [1.54, 1.807) is 45.0 Å². The summed E-state index contributed by atoms with van der Waals surface area (Å²) in [4.78, 5) is 27.3. The molecule has 0 heterocycles. The molecule has 23 heavy (non-hydrogen) atoms. The van der Waals surface area contributed by atoms with E-state index in [-0.39, 0.29) is 30.3 Å². The number of nitrogens with zero attached hydrogens (tertiary/aromatic N) is 1. The van der Waals surface area contributed by atoms with Crippen molar-refractivity contribution in [1.82, 2.24) is 5.32 Å². The van der Waals surface area contributed by atoms with Gasteiger partial charge in [0.2, 0.25) is 0 Å². The zero-order valence-corrected chi connectivity index (χ0v) is 13.5. The van der Waals surface area contributed by atoms with E-state index in [0.717, 1.165) is 11.8 Å². The smallest absolute Gasteiger partial charge is 0.261 e. The summed E-state index contributed by atoms with van der Waals surface area (Å²) in [5.74, 6) is -0.601. The SMILES string of the molecule is C/C(=N\OCC(=O)NC(C)C(C)C=O)c1ccc(C(=N)N)cc1. The van der Waals surface area contributed by atoms with Gasteiger partial charge < -0.3 is 20.7 Å². The highest BCUT2D eigenvalue weighted by Crippen LogP contribution is 2.05. The summed E-state index contributed by atoms with van der Waals surface area (Å²) in [6.45, 7) is 5.00. The van der Waals surface area contributed by atoms with Gasteiger partial charge in [-0.3, -0.25) is 10.2 Å². The van der Waals surface area contributed by atoms with E-state index in [1.807, 2.05) is 0 Å². The normalized spacial score (nSPS) is 13.8. The van der Waals surface area contributed by atoms with Crippen LogP contribution in [0.5, 0.6) is 0 Å². The zero-order chi connectivity index (χ0) is 17.4. The van der Waals surface area contributed by atoms with E-state index in [4.69, 9.17) is 16.0 Å². The first-order valence-electron chi connectivity index (χ1n) is 7.21. The van der Waals surface area contributed by atoms with Gasteiger partial charge in [0, 0.05) is 17.5 Å². The number of nitrogen functional groups attached to an aromatic ring is 1. The van der Waals surface area contributed by atoms with Gasteiger partial charge in [-0.05, 0) is 19.4 Å². The van der Waals surface area contributed by atoms with Crippen LogP contribution in [0.15, 0.2) is 29.4 Å². The molecule has 1 aromatic rings. The summed E-state index contributed by atoms with van der Waals surface area (Å²) < 4.78 is 0. The van der Waals surface area contributed by atoms with Gasteiger partial charge in [0.05, 0.1) is 5.71 Å². The fraction of sp³-hybridized carbons (Fsp3) is 0.375. The third-order valence-corrected chi connectivity index (χ3v) is 3.40. The lowest BCUT2D eigenvalue weighted by molar-refractivity contribution is -0.126. The maximum atomic E-state index is 11.7. The highest BCUT2D eigenvalue weighted by atomic mass is 16.6. The van der Waals surface area contributed by atoms with Crippen LogP contribution in [-0.2, 0) is 14.4 Å². The molecule has 0 radical (unpaired) electrons. The molecule has 7 nitrogen and oxygen atoms in total. The molecule has 4 N–H and O–H groups in total. The van der Waals surface area contributed by atoms with Crippen molar-refractivity contribution in [2.24, 2.45) is 16.8 Å². The molecular weight excluding hydrogens is 296 g/mol. The molecule has 2 atom stereocenters. The monoisotopic (exact) mass is 318 g/mol. The molecule has 0 aliphatic carbocycles. The maximum Gasteiger partial charge on any atom is 0.261 e. The number of oxime groups is 1. The van der Waals surface area contributed by atoms with E-state index in [0.29, 0.717) is 11.3 Å². The molecule has 0 saturated carbocycles. The lowest BCUT2D eigenvalue weighted by Gasteiger charge is -2.15. The van der Waals surface area contributed by atoms with Crippen LogP contribution in [0.3, 0.4) is 0 Å². The number of nitrogens with one attached hydrogen (secondary N) is 2. The first-order valence-corrected chi connectivity index (χ1v) is 7.21. The Labute approximate surface area is 135 Å². The average Bonchev–Trinajstić information content (AvgIpc) is 2.53. The standard InChI is InChI=1S/C16H22N4O3/c1-10(8-21)11(2)19-15(22)9-23-20-12(3)13-4-6-14(7-5-13)16(17)18/h4-8,10-11H,9H2,1-3H3,(H3,17,18)(H,19,22)/b20-12+. The molecule has 0 bridgehead atoms. The van der Waals surface area contributed by atoms with Crippen molar-refractivity contribution in [3.8, 4) is 0 Å². The van der Waals surface area contributed by atoms with E-state index < -0.39 is 0 Å². The van der Waals surface area contributed by atoms with Gasteiger partial charge in [0.1, 0.15) is 12.1 Å². The molecule has 0 saturated heterocycles. The molecule has 1 rings (SSSR count). The first kappa shape index (κ1) is 18.3. The van der Waals surface area contributed by atoms with E-state index >= 15 is 0 Å². The minimum absolute atomic E-state index is 0.00210. The minimum atomic E-state index is -0.338. The van der Waals surface area contributed by atoms with Crippen LogP contribution in [0, 0.1) is 11.3 Å². The Morgan fingerprint density at radius 1 is 1.35 bits per heavy atom. The summed E-state index contributed by atoms with van der Waals surface area (Å²) in [6, 6.07) is 6.71. The minimum Gasteiger partial charge on any atom is -0.385 e. The molecule has 124 valence electrons. The second kappa shape index (κ2) is 8.67. The van der Waals surface area contributed by atoms with Gasteiger partial charge >= 0.3 is 0 Å². The van der Waals surface area contributed by atoms with Crippen molar-refractivity contribution >= 4 is 23.7 Å². The first-order chi connectivity index (χ1) is 10.8. The van der Waals surface area contributed by atoms with Gasteiger partial charge in [-0.25, -0.2) is 0 Å². The Bertz CT molecular complexity index is 596. The average molecular weight is 318 g/mol. The Hall–Kier alpha value is -2.70. The molecule has 0 spiro atoms. The van der Waals surface area contributed by atoms with E-state index in [9.17, 15) is 9.59 Å². The number of benzene rings is 1. The Kier molecular flexibility index (Phi) is 6.92. The van der Waals surface area contributed by atoms with Crippen molar-refractivity contribution in [3.63, 3.8) is 0 Å². The van der Waals surface area contributed by atoms with Crippen molar-refractivity contribution in [2.45, 2.75) is 26.8 Å². The van der Waals surface area contributed by atoms with Gasteiger partial charge in [-0.2, -0.15) is 0 Å². The fourth-order valence-electron chi connectivity index (χ4n) is 1.68. The molecule has 1 amide bonds. The Morgan fingerprint density at radius 2 is 1.91 bits per heavy atom. The van der Waals surface area contributed by atoms with E-state index in [1.165, 1.54) is 0 Å². The number of hydrogen-bond donors (Lipinski definition) is 3. The number of rotatable bonds is 8. The summed E-state index contributed by atoms with van der Waals surface area (Å²) >= 11 is 0. The number of aldehydes is 1. The lowest BCUT2D eigenvalue weighted by Crippen LogP contribution is -2.39. The van der Waals surface area contributed by atoms with Gasteiger partial charge in [0.15, 0.2) is 6.61 Å². The third kappa shape index (κ3) is 5.90.